The van der Waals surface area contributed by atoms with Gasteiger partial charge in [-0.3, -0.25) is 0 Å². The van der Waals surface area contributed by atoms with E-state index in [9.17, 15) is 14.7 Å². The van der Waals surface area contributed by atoms with Crippen molar-refractivity contribution < 1.29 is 19.8 Å². The van der Waals surface area contributed by atoms with E-state index in [4.69, 9.17) is 5.11 Å². The van der Waals surface area contributed by atoms with Crippen LogP contribution in [0.3, 0.4) is 0 Å². The fourth-order valence-electron chi connectivity index (χ4n) is 2.22. The van der Waals surface area contributed by atoms with E-state index in [2.05, 4.69) is 15.7 Å². The highest BCUT2D eigenvalue weighted by Crippen LogP contribution is 2.21. The summed E-state index contributed by atoms with van der Waals surface area (Å²) in [4.78, 5) is 22.8. The van der Waals surface area contributed by atoms with Gasteiger partial charge >= 0.3 is 12.0 Å². The van der Waals surface area contributed by atoms with Crippen molar-refractivity contribution in [1.82, 2.24) is 15.1 Å². The van der Waals surface area contributed by atoms with Crippen molar-refractivity contribution >= 4 is 17.7 Å². The Kier molecular flexibility index (Phi) is 5.13. The van der Waals surface area contributed by atoms with Crippen LogP contribution in [0.25, 0.3) is 5.69 Å². The van der Waals surface area contributed by atoms with Crippen molar-refractivity contribution in [3.05, 3.63) is 41.2 Å². The van der Waals surface area contributed by atoms with Crippen molar-refractivity contribution in [3.8, 4) is 5.69 Å². The number of aliphatic carboxylic acids is 1. The SMILES string of the molecule is Cc1ccc(C)c(-n2ncc(NC(=O)NCC(C)(O)C(=O)O)c2C)c1. The van der Waals surface area contributed by atoms with Crippen LogP contribution in [-0.2, 0) is 4.79 Å². The highest BCUT2D eigenvalue weighted by atomic mass is 16.4. The molecule has 0 aliphatic heterocycles. The van der Waals surface area contributed by atoms with Crippen molar-refractivity contribution in [2.24, 2.45) is 0 Å². The Morgan fingerprint density at radius 3 is 2.60 bits per heavy atom. The molecule has 0 bridgehead atoms. The minimum Gasteiger partial charge on any atom is -0.479 e. The zero-order valence-electron chi connectivity index (χ0n) is 14.6. The molecule has 1 aromatic carbocycles. The molecule has 0 spiro atoms. The molecular weight excluding hydrogens is 324 g/mol. The van der Waals surface area contributed by atoms with Crippen LogP contribution in [0.1, 0.15) is 23.7 Å². The van der Waals surface area contributed by atoms with Crippen molar-refractivity contribution in [2.45, 2.75) is 33.3 Å². The second-order valence-electron chi connectivity index (χ2n) is 6.23. The number of carboxylic acids is 1. The number of urea groups is 1. The third-order valence-electron chi connectivity index (χ3n) is 3.90. The van der Waals surface area contributed by atoms with Gasteiger partial charge in [-0.25, -0.2) is 14.3 Å². The van der Waals surface area contributed by atoms with Crippen molar-refractivity contribution in [3.63, 3.8) is 0 Å². The number of carboxylic acid groups (broad SMARTS) is 1. The number of amides is 2. The second-order valence-corrected chi connectivity index (χ2v) is 6.23. The van der Waals surface area contributed by atoms with Crippen LogP contribution in [0.15, 0.2) is 24.4 Å². The van der Waals surface area contributed by atoms with Crippen LogP contribution >= 0.6 is 0 Å². The molecule has 0 fully saturated rings. The van der Waals surface area contributed by atoms with E-state index in [1.807, 2.05) is 39.0 Å². The maximum Gasteiger partial charge on any atom is 0.337 e. The van der Waals surface area contributed by atoms with Crippen LogP contribution < -0.4 is 10.6 Å². The van der Waals surface area contributed by atoms with E-state index in [1.165, 1.54) is 6.20 Å². The largest absolute Gasteiger partial charge is 0.479 e. The molecule has 1 unspecified atom stereocenters. The number of rotatable bonds is 5. The molecule has 0 aliphatic rings. The quantitative estimate of drug-likeness (QED) is 0.658. The average molecular weight is 346 g/mol. The first-order valence-corrected chi connectivity index (χ1v) is 7.74. The maximum absolute atomic E-state index is 11.9. The highest BCUT2D eigenvalue weighted by Gasteiger charge is 2.30. The van der Waals surface area contributed by atoms with Gasteiger partial charge in [0.2, 0.25) is 0 Å². The van der Waals surface area contributed by atoms with Gasteiger partial charge in [0.15, 0.2) is 5.60 Å². The van der Waals surface area contributed by atoms with E-state index < -0.39 is 24.1 Å². The predicted molar refractivity (Wildman–Crippen MR) is 93.1 cm³/mol. The molecule has 134 valence electrons. The minimum absolute atomic E-state index is 0.418. The van der Waals surface area contributed by atoms with Crippen LogP contribution in [0.4, 0.5) is 10.5 Å². The number of anilines is 1. The molecule has 8 heteroatoms. The lowest BCUT2D eigenvalue weighted by Gasteiger charge is -2.18. The molecule has 1 heterocycles. The lowest BCUT2D eigenvalue weighted by Crippen LogP contribution is -2.47. The molecule has 2 aromatic rings. The van der Waals surface area contributed by atoms with Gasteiger partial charge in [-0.1, -0.05) is 12.1 Å². The predicted octanol–water partition coefficient (Wildman–Crippen LogP) is 1.75. The summed E-state index contributed by atoms with van der Waals surface area (Å²) >= 11 is 0. The summed E-state index contributed by atoms with van der Waals surface area (Å²) in [5, 5.41) is 27.7. The standard InChI is InChI=1S/C17H22N4O4/c1-10-5-6-11(2)14(7-10)21-12(3)13(8-19-21)20-16(24)18-9-17(4,25)15(22)23/h5-8,25H,9H2,1-4H3,(H,22,23)(H2,18,20,24). The average Bonchev–Trinajstić information content (AvgIpc) is 2.88. The Morgan fingerprint density at radius 1 is 1.28 bits per heavy atom. The number of carbonyl (C=O) groups is 2. The number of aromatic nitrogens is 2. The Labute approximate surface area is 145 Å². The van der Waals surface area contributed by atoms with Crippen molar-refractivity contribution in [2.75, 3.05) is 11.9 Å². The number of hydrogen-bond donors (Lipinski definition) is 4. The van der Waals surface area contributed by atoms with E-state index in [0.29, 0.717) is 5.69 Å². The van der Waals surface area contributed by atoms with Gasteiger partial charge in [-0.2, -0.15) is 5.10 Å². The molecule has 2 amide bonds. The van der Waals surface area contributed by atoms with Gasteiger partial charge < -0.3 is 20.8 Å². The zero-order chi connectivity index (χ0) is 18.8. The van der Waals surface area contributed by atoms with E-state index in [1.54, 1.807) is 4.68 Å². The summed E-state index contributed by atoms with van der Waals surface area (Å²) in [7, 11) is 0. The zero-order valence-corrected chi connectivity index (χ0v) is 14.6. The first-order chi connectivity index (χ1) is 11.6. The van der Waals surface area contributed by atoms with E-state index >= 15 is 0 Å². The van der Waals surface area contributed by atoms with Crippen LogP contribution in [0.2, 0.25) is 0 Å². The van der Waals surface area contributed by atoms with Gasteiger partial charge in [0, 0.05) is 0 Å². The number of aliphatic hydroxyl groups is 1. The molecule has 4 N–H and O–H groups in total. The Balaban J connectivity index is 2.12. The first kappa shape index (κ1) is 18.5. The number of aryl methyl sites for hydroxylation is 2. The van der Waals surface area contributed by atoms with Gasteiger partial charge in [0.1, 0.15) is 0 Å². The third kappa shape index (κ3) is 4.16. The van der Waals surface area contributed by atoms with Crippen LogP contribution in [0.5, 0.6) is 0 Å². The normalized spacial score (nSPS) is 13.2. The van der Waals surface area contributed by atoms with Crippen molar-refractivity contribution in [1.29, 1.82) is 0 Å². The number of carbonyl (C=O) groups excluding carboxylic acids is 1. The second kappa shape index (κ2) is 6.94. The van der Waals surface area contributed by atoms with Crippen LogP contribution in [-0.4, -0.2) is 44.1 Å². The molecule has 25 heavy (non-hydrogen) atoms. The fourth-order valence-corrected chi connectivity index (χ4v) is 2.22. The molecule has 0 radical (unpaired) electrons. The lowest BCUT2D eigenvalue weighted by molar-refractivity contribution is -0.155. The number of nitrogens with zero attached hydrogens (tertiary/aromatic N) is 2. The Hall–Kier alpha value is -2.87. The molecule has 8 nitrogen and oxygen atoms in total. The molecule has 1 aromatic heterocycles. The summed E-state index contributed by atoms with van der Waals surface area (Å²) < 4.78 is 1.73. The number of hydrogen-bond acceptors (Lipinski definition) is 4. The lowest BCUT2D eigenvalue weighted by atomic mass is 10.1. The summed E-state index contributed by atoms with van der Waals surface area (Å²) in [6.45, 7) is 6.47. The smallest absolute Gasteiger partial charge is 0.337 e. The summed E-state index contributed by atoms with van der Waals surface area (Å²) in [5.74, 6) is -1.41. The first-order valence-electron chi connectivity index (χ1n) is 7.74. The summed E-state index contributed by atoms with van der Waals surface area (Å²) in [6, 6.07) is 5.40. The molecule has 0 aliphatic carbocycles. The maximum atomic E-state index is 11.9. The summed E-state index contributed by atoms with van der Waals surface area (Å²) in [5.41, 5.74) is 2.25. The minimum atomic E-state index is -2.03. The fraction of sp³-hybridized carbons (Fsp3) is 0.353. The topological polar surface area (TPSA) is 116 Å². The van der Waals surface area contributed by atoms with E-state index in [-0.39, 0.29) is 0 Å². The van der Waals surface area contributed by atoms with Gasteiger partial charge in [-0.15, -0.1) is 0 Å². The van der Waals surface area contributed by atoms with Crippen LogP contribution in [0, 0.1) is 20.8 Å². The Bertz CT molecular complexity index is 811. The molecule has 2 rings (SSSR count). The molecule has 0 saturated heterocycles. The van der Waals surface area contributed by atoms with Gasteiger partial charge in [0.05, 0.1) is 29.8 Å². The third-order valence-corrected chi connectivity index (χ3v) is 3.90. The van der Waals surface area contributed by atoms with E-state index in [0.717, 1.165) is 29.4 Å². The molecule has 0 saturated carbocycles. The number of nitrogens with one attached hydrogen (secondary N) is 2. The van der Waals surface area contributed by atoms with Gasteiger partial charge in [0.25, 0.3) is 0 Å². The molecule has 1 atom stereocenters. The monoisotopic (exact) mass is 346 g/mol. The Morgan fingerprint density at radius 2 is 1.96 bits per heavy atom. The summed E-state index contributed by atoms with van der Waals surface area (Å²) in [6.07, 6.45) is 1.52. The molecular formula is C17H22N4O4. The highest BCUT2D eigenvalue weighted by molar-refractivity contribution is 5.90. The van der Waals surface area contributed by atoms with Gasteiger partial charge in [-0.05, 0) is 44.9 Å². The number of benzene rings is 1.